The van der Waals surface area contributed by atoms with Crippen molar-refractivity contribution in [2.45, 2.75) is 19.3 Å². The monoisotopic (exact) mass is 245 g/mol. The summed E-state index contributed by atoms with van der Waals surface area (Å²) in [6, 6.07) is 9.80. The first-order valence-corrected chi connectivity index (χ1v) is 5.89. The molecule has 1 amide bonds. The summed E-state index contributed by atoms with van der Waals surface area (Å²) in [4.78, 5) is 22.6. The van der Waals surface area contributed by atoms with Crippen LogP contribution in [-0.2, 0) is 9.59 Å². The fourth-order valence-corrected chi connectivity index (χ4v) is 2.03. The Kier molecular flexibility index (Phi) is 3.46. The third kappa shape index (κ3) is 2.59. The van der Waals surface area contributed by atoms with Crippen LogP contribution < -0.4 is 5.32 Å². The molecule has 94 valence electrons. The zero-order chi connectivity index (χ0) is 13.1. The van der Waals surface area contributed by atoms with Crippen molar-refractivity contribution in [1.82, 2.24) is 5.32 Å². The predicted molar refractivity (Wildman–Crippen MR) is 66.8 cm³/mol. The lowest BCUT2D eigenvalue weighted by molar-refractivity contribution is -0.134. The first kappa shape index (κ1) is 12.4. The molecule has 0 aliphatic heterocycles. The lowest BCUT2D eigenvalue weighted by Gasteiger charge is -2.05. The van der Waals surface area contributed by atoms with Crippen LogP contribution in [0.25, 0.3) is 0 Å². The van der Waals surface area contributed by atoms with Crippen molar-refractivity contribution >= 4 is 11.9 Å². The van der Waals surface area contributed by atoms with Gasteiger partial charge in [0.05, 0.1) is 0 Å². The quantitative estimate of drug-likeness (QED) is 0.796. The van der Waals surface area contributed by atoms with E-state index in [1.54, 1.807) is 6.92 Å². The number of amides is 1. The average Bonchev–Trinajstić information content (AvgIpc) is 3.16. The summed E-state index contributed by atoms with van der Waals surface area (Å²) in [5.41, 5.74) is 1.08. The Morgan fingerprint density at radius 2 is 2.00 bits per heavy atom. The highest BCUT2D eigenvalue weighted by Crippen LogP contribution is 2.47. The molecule has 2 atom stereocenters. The van der Waals surface area contributed by atoms with E-state index < -0.39 is 5.97 Å². The number of carboxylic acid groups (broad SMARTS) is 1. The Morgan fingerprint density at radius 3 is 2.56 bits per heavy atom. The van der Waals surface area contributed by atoms with E-state index in [9.17, 15) is 9.59 Å². The molecule has 0 heterocycles. The van der Waals surface area contributed by atoms with Gasteiger partial charge in [0.25, 0.3) is 0 Å². The van der Waals surface area contributed by atoms with Crippen LogP contribution in [0.3, 0.4) is 0 Å². The molecule has 1 aliphatic carbocycles. The van der Waals surface area contributed by atoms with Gasteiger partial charge in [0.1, 0.15) is 5.70 Å². The second-order valence-electron chi connectivity index (χ2n) is 4.36. The van der Waals surface area contributed by atoms with Crippen LogP contribution in [0.5, 0.6) is 0 Å². The Bertz CT molecular complexity index is 493. The maximum Gasteiger partial charge on any atom is 0.352 e. The maximum absolute atomic E-state index is 11.8. The van der Waals surface area contributed by atoms with Gasteiger partial charge in [-0.25, -0.2) is 4.79 Å². The highest BCUT2D eigenvalue weighted by atomic mass is 16.4. The molecule has 1 aromatic rings. The van der Waals surface area contributed by atoms with Gasteiger partial charge in [0.2, 0.25) is 5.91 Å². The van der Waals surface area contributed by atoms with Gasteiger partial charge in [-0.05, 0) is 24.8 Å². The fraction of sp³-hybridized carbons (Fsp3) is 0.286. The zero-order valence-corrected chi connectivity index (χ0v) is 10.1. The number of aliphatic carboxylic acids is 1. The molecule has 18 heavy (non-hydrogen) atoms. The molecule has 0 unspecified atom stereocenters. The Labute approximate surface area is 105 Å². The first-order chi connectivity index (χ1) is 8.63. The van der Waals surface area contributed by atoms with Gasteiger partial charge >= 0.3 is 5.97 Å². The summed E-state index contributed by atoms with van der Waals surface area (Å²) >= 11 is 0. The number of benzene rings is 1. The molecule has 0 saturated heterocycles. The lowest BCUT2D eigenvalue weighted by atomic mass is 10.1. The molecule has 0 radical (unpaired) electrons. The third-order valence-electron chi connectivity index (χ3n) is 3.13. The molecule has 1 aliphatic rings. The van der Waals surface area contributed by atoms with Gasteiger partial charge in [-0.15, -0.1) is 0 Å². The molecule has 0 spiro atoms. The topological polar surface area (TPSA) is 66.4 Å². The van der Waals surface area contributed by atoms with Gasteiger partial charge in [-0.3, -0.25) is 4.79 Å². The Morgan fingerprint density at radius 1 is 1.33 bits per heavy atom. The smallest absolute Gasteiger partial charge is 0.352 e. The molecule has 4 heteroatoms. The number of carbonyl (C=O) groups excluding carboxylic acids is 1. The largest absolute Gasteiger partial charge is 0.477 e. The van der Waals surface area contributed by atoms with Crippen LogP contribution >= 0.6 is 0 Å². The average molecular weight is 245 g/mol. The number of carboxylic acids is 1. The Balaban J connectivity index is 1.96. The SMILES string of the molecule is C/C=C(\NC(=O)[C@@H]1C[C@H]1c1ccccc1)C(=O)O. The fourth-order valence-electron chi connectivity index (χ4n) is 2.03. The van der Waals surface area contributed by atoms with E-state index in [-0.39, 0.29) is 23.4 Å². The molecule has 1 aromatic carbocycles. The van der Waals surface area contributed by atoms with Crippen molar-refractivity contribution < 1.29 is 14.7 Å². The van der Waals surface area contributed by atoms with Gasteiger partial charge in [-0.2, -0.15) is 0 Å². The Hall–Kier alpha value is -2.10. The van der Waals surface area contributed by atoms with E-state index in [4.69, 9.17) is 5.11 Å². The van der Waals surface area contributed by atoms with E-state index in [0.29, 0.717) is 0 Å². The number of rotatable bonds is 4. The van der Waals surface area contributed by atoms with E-state index >= 15 is 0 Å². The number of hydrogen-bond acceptors (Lipinski definition) is 2. The van der Waals surface area contributed by atoms with E-state index in [1.807, 2.05) is 30.3 Å². The van der Waals surface area contributed by atoms with Crippen LogP contribution in [0.4, 0.5) is 0 Å². The summed E-state index contributed by atoms with van der Waals surface area (Å²) in [5.74, 6) is -1.21. The number of allylic oxidation sites excluding steroid dienone is 1. The van der Waals surface area contributed by atoms with Crippen molar-refractivity contribution in [3.05, 3.63) is 47.7 Å². The zero-order valence-electron chi connectivity index (χ0n) is 10.1. The van der Waals surface area contributed by atoms with Gasteiger partial charge < -0.3 is 10.4 Å². The molecule has 4 nitrogen and oxygen atoms in total. The van der Waals surface area contributed by atoms with Crippen LogP contribution in [0, 0.1) is 5.92 Å². The second kappa shape index (κ2) is 5.04. The normalized spacial score (nSPS) is 22.4. The number of hydrogen-bond donors (Lipinski definition) is 2. The second-order valence-corrected chi connectivity index (χ2v) is 4.36. The summed E-state index contributed by atoms with van der Waals surface area (Å²) in [5, 5.41) is 11.3. The van der Waals surface area contributed by atoms with Gasteiger partial charge in [0.15, 0.2) is 0 Å². The molecular formula is C14H15NO3. The lowest BCUT2D eigenvalue weighted by Crippen LogP contribution is -2.28. The molecule has 1 saturated carbocycles. The van der Waals surface area contributed by atoms with Crippen LogP contribution in [0.15, 0.2) is 42.1 Å². The van der Waals surface area contributed by atoms with E-state index in [1.165, 1.54) is 6.08 Å². The van der Waals surface area contributed by atoms with Crippen LogP contribution in [0.1, 0.15) is 24.8 Å². The number of nitrogens with one attached hydrogen (secondary N) is 1. The van der Waals surface area contributed by atoms with Crippen molar-refractivity contribution in [1.29, 1.82) is 0 Å². The molecule has 2 N–H and O–H groups in total. The minimum atomic E-state index is -1.11. The summed E-state index contributed by atoms with van der Waals surface area (Å²) < 4.78 is 0. The highest BCUT2D eigenvalue weighted by molar-refractivity contribution is 5.94. The predicted octanol–water partition coefficient (Wildman–Crippen LogP) is 1.89. The van der Waals surface area contributed by atoms with E-state index in [2.05, 4.69) is 5.32 Å². The van der Waals surface area contributed by atoms with Crippen molar-refractivity contribution in [3.63, 3.8) is 0 Å². The minimum absolute atomic E-state index is 0.0567. The maximum atomic E-state index is 11.8. The van der Waals surface area contributed by atoms with Gasteiger partial charge in [-0.1, -0.05) is 36.4 Å². The minimum Gasteiger partial charge on any atom is -0.477 e. The third-order valence-corrected chi connectivity index (χ3v) is 3.13. The van der Waals surface area contributed by atoms with Crippen LogP contribution in [-0.4, -0.2) is 17.0 Å². The standard InChI is InChI=1S/C14H15NO3/c1-2-12(14(17)18)15-13(16)11-8-10(11)9-6-4-3-5-7-9/h2-7,10-11H,8H2,1H3,(H,15,16)(H,17,18)/b12-2-/t10-,11+/m0/s1. The summed E-state index contributed by atoms with van der Waals surface area (Å²) in [6.07, 6.45) is 2.17. The molecule has 2 rings (SSSR count). The highest BCUT2D eigenvalue weighted by Gasteiger charge is 2.44. The first-order valence-electron chi connectivity index (χ1n) is 5.89. The summed E-state index contributed by atoms with van der Waals surface area (Å²) in [7, 11) is 0. The van der Waals surface area contributed by atoms with Crippen molar-refractivity contribution in [2.75, 3.05) is 0 Å². The van der Waals surface area contributed by atoms with Crippen molar-refractivity contribution in [3.8, 4) is 0 Å². The number of carbonyl (C=O) groups is 2. The molecular weight excluding hydrogens is 230 g/mol. The van der Waals surface area contributed by atoms with Gasteiger partial charge in [0, 0.05) is 5.92 Å². The molecule has 1 fully saturated rings. The van der Waals surface area contributed by atoms with Crippen molar-refractivity contribution in [2.24, 2.45) is 5.92 Å². The summed E-state index contributed by atoms with van der Waals surface area (Å²) in [6.45, 7) is 1.59. The molecule has 0 aromatic heterocycles. The molecule has 0 bridgehead atoms. The van der Waals surface area contributed by atoms with Crippen LogP contribution in [0.2, 0.25) is 0 Å². The van der Waals surface area contributed by atoms with E-state index in [0.717, 1.165) is 12.0 Å².